The van der Waals surface area contributed by atoms with Crippen LogP contribution in [-0.2, 0) is 0 Å². The van der Waals surface area contributed by atoms with Gasteiger partial charge < -0.3 is 14.0 Å². The molecule has 4 heteroatoms. The molecule has 0 aromatic heterocycles. The summed E-state index contributed by atoms with van der Waals surface area (Å²) in [6, 6.07) is 23.2. The van der Waals surface area contributed by atoms with Crippen molar-refractivity contribution in [2.75, 3.05) is 0 Å². The second-order valence-electron chi connectivity index (χ2n) is 11.6. The van der Waals surface area contributed by atoms with E-state index in [0.29, 0.717) is 17.2 Å². The van der Waals surface area contributed by atoms with Crippen molar-refractivity contribution in [1.29, 1.82) is 0 Å². The zero-order valence-electron chi connectivity index (χ0n) is 28.3. The molecule has 3 nitrogen and oxygen atoms in total. The van der Waals surface area contributed by atoms with Crippen LogP contribution in [0.4, 0.5) is 0 Å². The summed E-state index contributed by atoms with van der Waals surface area (Å²) in [5.41, 5.74) is 2.89. The van der Waals surface area contributed by atoms with Gasteiger partial charge in [0, 0.05) is 36.0 Å². The van der Waals surface area contributed by atoms with Crippen LogP contribution in [0.15, 0.2) is 72.8 Å². The van der Waals surface area contributed by atoms with E-state index in [4.69, 9.17) is 14.0 Å². The lowest BCUT2D eigenvalue weighted by Gasteiger charge is -2.16. The van der Waals surface area contributed by atoms with Gasteiger partial charge in [0.15, 0.2) is 0 Å². The Labute approximate surface area is 280 Å². The van der Waals surface area contributed by atoms with Crippen molar-refractivity contribution in [2.24, 2.45) is 0 Å². The minimum atomic E-state index is -0.999. The van der Waals surface area contributed by atoms with Crippen LogP contribution < -0.4 is 14.0 Å². The van der Waals surface area contributed by atoms with Gasteiger partial charge in [-0.25, -0.2) is 0 Å². The molecule has 0 spiro atoms. The third kappa shape index (κ3) is 15.7. The molecule has 0 atom stereocenters. The van der Waals surface area contributed by atoms with Crippen molar-refractivity contribution in [1.82, 2.24) is 0 Å². The van der Waals surface area contributed by atoms with E-state index in [9.17, 15) is 0 Å². The van der Waals surface area contributed by atoms with Gasteiger partial charge in [0.05, 0.1) is 0 Å². The highest BCUT2D eigenvalue weighted by atomic mass is 16.7. The van der Waals surface area contributed by atoms with E-state index in [-0.39, 0.29) is 0 Å². The predicted molar refractivity (Wildman–Crippen MR) is 194 cm³/mol. The summed E-state index contributed by atoms with van der Waals surface area (Å²) in [6.07, 6.45) is 17.5. The summed E-state index contributed by atoms with van der Waals surface area (Å²) < 4.78 is 18.5. The highest BCUT2D eigenvalue weighted by Gasteiger charge is 2.30. The molecule has 0 radical (unpaired) electrons. The first-order valence-corrected chi connectivity index (χ1v) is 17.5. The number of hydrogen-bond donors (Lipinski definition) is 0. The standard InChI is InChI=1S/C42H51BO3/c1-4-7-10-13-16-19-22-37-25-31-40(32-26-37)44-43(45-41-33-27-38(28-34-41)23-20-17-14-11-8-5-2)46-42-35-29-39(30-36-42)24-21-18-15-12-9-6-3/h25-36H,4-18H2,1-3H3. The van der Waals surface area contributed by atoms with Gasteiger partial charge in [-0.2, -0.15) is 0 Å². The van der Waals surface area contributed by atoms with E-state index in [1.54, 1.807) is 0 Å². The van der Waals surface area contributed by atoms with Crippen LogP contribution in [0, 0.1) is 35.5 Å². The maximum Gasteiger partial charge on any atom is 0.864 e. The van der Waals surface area contributed by atoms with E-state index in [0.717, 1.165) is 55.2 Å². The summed E-state index contributed by atoms with van der Waals surface area (Å²) in [5.74, 6) is 21.5. The number of benzene rings is 3. The maximum atomic E-state index is 6.18. The summed E-state index contributed by atoms with van der Waals surface area (Å²) >= 11 is 0. The third-order valence-electron chi connectivity index (χ3n) is 7.42. The Morgan fingerprint density at radius 2 is 0.674 bits per heavy atom. The first-order valence-electron chi connectivity index (χ1n) is 17.5. The normalized spacial score (nSPS) is 9.98. The Bertz CT molecular complexity index is 1250. The lowest BCUT2D eigenvalue weighted by molar-refractivity contribution is 0.307. The van der Waals surface area contributed by atoms with Gasteiger partial charge in [-0.3, -0.25) is 0 Å². The summed E-state index contributed by atoms with van der Waals surface area (Å²) in [7, 11) is -0.999. The molecule has 3 aromatic carbocycles. The summed E-state index contributed by atoms with van der Waals surface area (Å²) in [4.78, 5) is 0. The van der Waals surface area contributed by atoms with Crippen molar-refractivity contribution in [3.05, 3.63) is 89.5 Å². The zero-order chi connectivity index (χ0) is 32.5. The lowest BCUT2D eigenvalue weighted by Crippen LogP contribution is -2.37. The highest BCUT2D eigenvalue weighted by Crippen LogP contribution is 2.20. The van der Waals surface area contributed by atoms with E-state index in [1.165, 1.54) is 57.8 Å². The van der Waals surface area contributed by atoms with Gasteiger partial charge in [-0.05, 0) is 92.1 Å². The first kappa shape index (κ1) is 36.3. The molecular formula is C42H51BO3. The SMILES string of the molecule is CCCCCCC#Cc1ccc(OB(Oc2ccc(C#CCCCCCC)cc2)Oc2ccc(C#CCCCCCC)cc2)cc1. The molecule has 0 saturated heterocycles. The van der Waals surface area contributed by atoms with Crippen molar-refractivity contribution in [3.8, 4) is 52.8 Å². The molecule has 0 saturated carbocycles. The Morgan fingerprint density at radius 3 is 0.935 bits per heavy atom. The molecule has 0 N–H and O–H groups in total. The molecule has 0 heterocycles. The van der Waals surface area contributed by atoms with Crippen molar-refractivity contribution < 1.29 is 14.0 Å². The van der Waals surface area contributed by atoms with Crippen LogP contribution in [0.1, 0.15) is 134 Å². The molecule has 240 valence electrons. The highest BCUT2D eigenvalue weighted by molar-refractivity contribution is 6.39. The zero-order valence-corrected chi connectivity index (χ0v) is 28.3. The quantitative estimate of drug-likeness (QED) is 0.0811. The third-order valence-corrected chi connectivity index (χ3v) is 7.42. The van der Waals surface area contributed by atoms with Gasteiger partial charge in [0.2, 0.25) is 0 Å². The van der Waals surface area contributed by atoms with Crippen LogP contribution in [-0.4, -0.2) is 7.32 Å². The van der Waals surface area contributed by atoms with E-state index in [2.05, 4.69) is 56.3 Å². The molecule has 0 fully saturated rings. The van der Waals surface area contributed by atoms with E-state index < -0.39 is 7.32 Å². The van der Waals surface area contributed by atoms with Crippen LogP contribution in [0.3, 0.4) is 0 Å². The fraction of sp³-hybridized carbons (Fsp3) is 0.429. The molecule has 0 unspecified atom stereocenters. The number of unbranched alkanes of at least 4 members (excludes halogenated alkanes) is 12. The van der Waals surface area contributed by atoms with E-state index in [1.807, 2.05) is 72.8 Å². The van der Waals surface area contributed by atoms with E-state index >= 15 is 0 Å². The molecule has 3 aromatic rings. The Balaban J connectivity index is 1.65. The molecule has 0 aliphatic carbocycles. The fourth-order valence-corrected chi connectivity index (χ4v) is 4.67. The van der Waals surface area contributed by atoms with Crippen LogP contribution in [0.2, 0.25) is 0 Å². The minimum Gasteiger partial charge on any atom is -0.490 e. The molecule has 0 aliphatic rings. The lowest BCUT2D eigenvalue weighted by atomic mass is 10.1. The smallest absolute Gasteiger partial charge is 0.490 e. The average molecular weight is 615 g/mol. The second kappa shape index (κ2) is 23.2. The molecule has 0 aliphatic heterocycles. The first-order chi connectivity index (χ1) is 22.7. The van der Waals surface area contributed by atoms with Gasteiger partial charge >= 0.3 is 7.32 Å². The Kier molecular flexibility index (Phi) is 18.3. The van der Waals surface area contributed by atoms with Gasteiger partial charge in [0.25, 0.3) is 0 Å². The monoisotopic (exact) mass is 614 g/mol. The second-order valence-corrected chi connectivity index (χ2v) is 11.6. The summed E-state index contributed by atoms with van der Waals surface area (Å²) in [6.45, 7) is 6.67. The van der Waals surface area contributed by atoms with Crippen LogP contribution in [0.25, 0.3) is 0 Å². The molecular weight excluding hydrogens is 563 g/mol. The minimum absolute atomic E-state index is 0.634. The van der Waals surface area contributed by atoms with Crippen molar-refractivity contribution >= 4 is 7.32 Å². The predicted octanol–water partition coefficient (Wildman–Crippen LogP) is 11.2. The van der Waals surface area contributed by atoms with Crippen LogP contribution >= 0.6 is 0 Å². The van der Waals surface area contributed by atoms with Crippen molar-refractivity contribution in [3.63, 3.8) is 0 Å². The summed E-state index contributed by atoms with van der Waals surface area (Å²) in [5, 5.41) is 0. The number of rotatable bonds is 18. The fourth-order valence-electron chi connectivity index (χ4n) is 4.67. The van der Waals surface area contributed by atoms with Crippen LogP contribution in [0.5, 0.6) is 17.2 Å². The maximum absolute atomic E-state index is 6.18. The van der Waals surface area contributed by atoms with Gasteiger partial charge in [-0.1, -0.05) is 114 Å². The molecule has 0 bridgehead atoms. The average Bonchev–Trinajstić information content (AvgIpc) is 3.08. The number of hydrogen-bond acceptors (Lipinski definition) is 3. The van der Waals surface area contributed by atoms with Gasteiger partial charge in [0.1, 0.15) is 17.2 Å². The molecule has 0 amide bonds. The Morgan fingerprint density at radius 1 is 0.391 bits per heavy atom. The molecule has 46 heavy (non-hydrogen) atoms. The largest absolute Gasteiger partial charge is 0.864 e. The topological polar surface area (TPSA) is 27.7 Å². The molecule has 3 rings (SSSR count). The van der Waals surface area contributed by atoms with Crippen molar-refractivity contribution in [2.45, 2.75) is 117 Å². The van der Waals surface area contributed by atoms with Gasteiger partial charge in [-0.15, -0.1) is 0 Å². The Hall–Kier alpha value is -4.20.